The lowest BCUT2D eigenvalue weighted by molar-refractivity contribution is -0.113. The van der Waals surface area contributed by atoms with Crippen molar-refractivity contribution in [3.8, 4) is 0 Å². The molecule has 1 aliphatic rings. The molecule has 1 aliphatic heterocycles. The summed E-state index contributed by atoms with van der Waals surface area (Å²) in [6.07, 6.45) is -0.729. The third kappa shape index (κ3) is 3.31. The first-order valence-electron chi connectivity index (χ1n) is 8.61. The number of hydrogen-bond acceptors (Lipinski definition) is 7. The molecule has 3 aromatic rings. The molecule has 0 bridgehead atoms. The summed E-state index contributed by atoms with van der Waals surface area (Å²) in [6.45, 7) is 5.49. The van der Waals surface area contributed by atoms with Gasteiger partial charge in [-0.2, -0.15) is 0 Å². The van der Waals surface area contributed by atoms with Gasteiger partial charge in [-0.1, -0.05) is 0 Å². The quantitative estimate of drug-likeness (QED) is 0.634. The second kappa shape index (κ2) is 7.06. The van der Waals surface area contributed by atoms with Crippen molar-refractivity contribution in [1.82, 2.24) is 9.97 Å². The summed E-state index contributed by atoms with van der Waals surface area (Å²) in [5.41, 5.74) is 1.60. The number of esters is 1. The Morgan fingerprint density at radius 2 is 2.07 bits per heavy atom. The number of amides is 1. The number of nitrogens with one attached hydrogen (secondary N) is 2. The highest BCUT2D eigenvalue weighted by Gasteiger charge is 2.21. The van der Waals surface area contributed by atoms with E-state index in [1.54, 1.807) is 25.1 Å². The van der Waals surface area contributed by atoms with E-state index in [1.165, 1.54) is 23.1 Å². The minimum atomic E-state index is -0.729. The number of nitrogens with zero attached hydrogens (tertiary/aromatic N) is 1. The van der Waals surface area contributed by atoms with E-state index >= 15 is 0 Å². The number of H-pyrrole nitrogens is 1. The number of rotatable bonds is 3. The topological polar surface area (TPSA) is 101 Å². The van der Waals surface area contributed by atoms with E-state index in [0.717, 1.165) is 15.3 Å². The molecule has 7 nitrogen and oxygen atoms in total. The van der Waals surface area contributed by atoms with Crippen molar-refractivity contribution < 1.29 is 14.3 Å². The largest absolute Gasteiger partial charge is 0.451 e. The molecule has 28 heavy (non-hydrogen) atoms. The highest BCUT2D eigenvalue weighted by atomic mass is 32.2. The zero-order valence-electron chi connectivity index (χ0n) is 15.4. The van der Waals surface area contributed by atoms with Crippen LogP contribution in [0.25, 0.3) is 10.2 Å². The van der Waals surface area contributed by atoms with Crippen molar-refractivity contribution in [2.75, 3.05) is 11.1 Å². The fourth-order valence-corrected chi connectivity index (χ4v) is 4.78. The van der Waals surface area contributed by atoms with Crippen molar-refractivity contribution in [2.45, 2.75) is 31.8 Å². The number of fused-ring (bicyclic) bond motifs is 2. The summed E-state index contributed by atoms with van der Waals surface area (Å²) in [6, 6.07) is 5.04. The van der Waals surface area contributed by atoms with Crippen molar-refractivity contribution in [3.05, 3.63) is 50.4 Å². The number of aromatic nitrogens is 2. The SMILES string of the molecule is Cc1sc2nc([C@@H](C)OC(=O)c3ccc4c(c3)NC(=O)CS4)[nH]c(=O)c2c1C. The van der Waals surface area contributed by atoms with E-state index in [4.69, 9.17) is 4.74 Å². The molecule has 1 aromatic carbocycles. The Labute approximate surface area is 168 Å². The first-order valence-corrected chi connectivity index (χ1v) is 10.4. The van der Waals surface area contributed by atoms with Gasteiger partial charge < -0.3 is 15.0 Å². The van der Waals surface area contributed by atoms with E-state index in [0.29, 0.717) is 33.0 Å². The monoisotopic (exact) mass is 415 g/mol. The normalized spacial score (nSPS) is 14.5. The fourth-order valence-electron chi connectivity index (χ4n) is 2.96. The van der Waals surface area contributed by atoms with Crippen LogP contribution in [0, 0.1) is 13.8 Å². The lowest BCUT2D eigenvalue weighted by Crippen LogP contribution is -2.20. The van der Waals surface area contributed by atoms with Gasteiger partial charge in [0.25, 0.3) is 5.56 Å². The second-order valence-corrected chi connectivity index (χ2v) is 8.73. The van der Waals surface area contributed by atoms with Crippen LogP contribution in [0.3, 0.4) is 0 Å². The van der Waals surface area contributed by atoms with Crippen LogP contribution < -0.4 is 10.9 Å². The van der Waals surface area contributed by atoms with Crippen molar-refractivity contribution in [1.29, 1.82) is 0 Å². The van der Waals surface area contributed by atoms with E-state index in [9.17, 15) is 14.4 Å². The van der Waals surface area contributed by atoms with Gasteiger partial charge in [0, 0.05) is 9.77 Å². The molecule has 0 spiro atoms. The van der Waals surface area contributed by atoms with E-state index in [1.807, 2.05) is 13.8 Å². The molecule has 0 unspecified atom stereocenters. The number of carbonyl (C=O) groups is 2. The molecule has 0 fully saturated rings. The average Bonchev–Trinajstić information content (AvgIpc) is 2.95. The summed E-state index contributed by atoms with van der Waals surface area (Å²) in [5, 5.41) is 3.33. The number of thioether (sulfide) groups is 1. The zero-order chi connectivity index (χ0) is 20.0. The molecule has 0 saturated carbocycles. The van der Waals surface area contributed by atoms with Gasteiger partial charge in [-0.05, 0) is 44.5 Å². The highest BCUT2D eigenvalue weighted by Crippen LogP contribution is 2.32. The predicted molar refractivity (Wildman–Crippen MR) is 109 cm³/mol. The van der Waals surface area contributed by atoms with Crippen LogP contribution in [0.1, 0.15) is 39.7 Å². The van der Waals surface area contributed by atoms with Crippen molar-refractivity contribution in [3.63, 3.8) is 0 Å². The zero-order valence-corrected chi connectivity index (χ0v) is 17.0. The first kappa shape index (κ1) is 18.7. The Balaban J connectivity index is 1.58. The molecule has 1 amide bonds. The minimum Gasteiger partial charge on any atom is -0.451 e. The Bertz CT molecular complexity index is 1180. The van der Waals surface area contributed by atoms with Gasteiger partial charge in [0.05, 0.1) is 22.4 Å². The number of ether oxygens (including phenoxy) is 1. The lowest BCUT2D eigenvalue weighted by atomic mass is 10.2. The first-order chi connectivity index (χ1) is 13.3. The van der Waals surface area contributed by atoms with Crippen molar-refractivity contribution in [2.24, 2.45) is 0 Å². The predicted octanol–water partition coefficient (Wildman–Crippen LogP) is 3.56. The molecule has 4 rings (SSSR count). The number of thiophene rings is 1. The molecule has 2 N–H and O–H groups in total. The Morgan fingerprint density at radius 1 is 1.29 bits per heavy atom. The third-order valence-corrected chi connectivity index (χ3v) is 6.75. The Kier molecular flexibility index (Phi) is 4.72. The minimum absolute atomic E-state index is 0.104. The second-order valence-electron chi connectivity index (χ2n) is 6.51. The van der Waals surface area contributed by atoms with Gasteiger partial charge in [-0.3, -0.25) is 9.59 Å². The summed E-state index contributed by atoms with van der Waals surface area (Å²) in [7, 11) is 0. The van der Waals surface area contributed by atoms with Crippen LogP contribution in [0.2, 0.25) is 0 Å². The molecule has 0 saturated heterocycles. The smallest absolute Gasteiger partial charge is 0.338 e. The number of aryl methyl sites for hydroxylation is 2. The van der Waals surface area contributed by atoms with E-state index in [2.05, 4.69) is 15.3 Å². The molecular formula is C19H17N3O4S2. The van der Waals surface area contributed by atoms with Crippen LogP contribution >= 0.6 is 23.1 Å². The molecule has 2 aromatic heterocycles. The van der Waals surface area contributed by atoms with E-state index < -0.39 is 12.1 Å². The standard InChI is InChI=1S/C19H17N3O4S2/c1-8-10(3)28-18-15(8)17(24)21-16(22-18)9(2)26-19(25)11-4-5-13-12(6-11)20-14(23)7-27-13/h4-6,9H,7H2,1-3H3,(H,20,23)(H,21,22,24)/t9-/m1/s1. The number of carbonyl (C=O) groups excluding carboxylic acids is 2. The van der Waals surface area contributed by atoms with Gasteiger partial charge in [0.1, 0.15) is 4.83 Å². The summed E-state index contributed by atoms with van der Waals surface area (Å²) in [4.78, 5) is 46.3. The molecule has 3 heterocycles. The summed E-state index contributed by atoms with van der Waals surface area (Å²) < 4.78 is 5.49. The maximum absolute atomic E-state index is 12.5. The van der Waals surface area contributed by atoms with Gasteiger partial charge in [-0.15, -0.1) is 23.1 Å². The summed E-state index contributed by atoms with van der Waals surface area (Å²) >= 11 is 2.86. The fraction of sp³-hybridized carbons (Fsp3) is 0.263. The van der Waals surface area contributed by atoms with Crippen LogP contribution in [-0.2, 0) is 9.53 Å². The lowest BCUT2D eigenvalue weighted by Gasteiger charge is -2.17. The van der Waals surface area contributed by atoms with Gasteiger partial charge in [0.2, 0.25) is 5.91 Å². The molecule has 0 radical (unpaired) electrons. The van der Waals surface area contributed by atoms with Gasteiger partial charge in [-0.25, -0.2) is 9.78 Å². The van der Waals surface area contributed by atoms with Gasteiger partial charge >= 0.3 is 5.97 Å². The van der Waals surface area contributed by atoms with Crippen molar-refractivity contribution >= 4 is 50.9 Å². The number of anilines is 1. The van der Waals surface area contributed by atoms with Crippen LogP contribution in [-0.4, -0.2) is 27.6 Å². The van der Waals surface area contributed by atoms with Gasteiger partial charge in [0.15, 0.2) is 11.9 Å². The Hall–Kier alpha value is -2.65. The molecule has 144 valence electrons. The Morgan fingerprint density at radius 3 is 2.86 bits per heavy atom. The maximum atomic E-state index is 12.5. The van der Waals surface area contributed by atoms with E-state index in [-0.39, 0.29) is 11.5 Å². The maximum Gasteiger partial charge on any atom is 0.338 e. The number of aromatic amines is 1. The molecule has 0 aliphatic carbocycles. The van der Waals surface area contributed by atoms with Crippen LogP contribution in [0.15, 0.2) is 27.9 Å². The van der Waals surface area contributed by atoms with Crippen LogP contribution in [0.5, 0.6) is 0 Å². The molecule has 1 atom stereocenters. The highest BCUT2D eigenvalue weighted by molar-refractivity contribution is 8.00. The third-order valence-electron chi connectivity index (χ3n) is 4.57. The summed E-state index contributed by atoms with van der Waals surface area (Å²) in [5.74, 6) is 0.000109. The average molecular weight is 415 g/mol. The number of benzene rings is 1. The molecule has 9 heteroatoms. The van der Waals surface area contributed by atoms with Crippen LogP contribution in [0.4, 0.5) is 5.69 Å². The number of hydrogen-bond donors (Lipinski definition) is 2. The molecular weight excluding hydrogens is 398 g/mol.